The van der Waals surface area contributed by atoms with E-state index < -0.39 is 0 Å². The Morgan fingerprint density at radius 3 is 3.00 bits per heavy atom. The zero-order chi connectivity index (χ0) is 13.0. The lowest BCUT2D eigenvalue weighted by molar-refractivity contribution is 0.281. The van der Waals surface area contributed by atoms with Crippen LogP contribution in [0.15, 0.2) is 18.5 Å². The minimum atomic E-state index is 0.0615. The molecule has 0 radical (unpaired) electrons. The van der Waals surface area contributed by atoms with Crippen LogP contribution in [0.3, 0.4) is 0 Å². The summed E-state index contributed by atoms with van der Waals surface area (Å²) in [6.07, 6.45) is 5.88. The summed E-state index contributed by atoms with van der Waals surface area (Å²) in [6, 6.07) is 2.55. The maximum atomic E-state index is 9.45. The highest BCUT2D eigenvalue weighted by Crippen LogP contribution is 2.25. The van der Waals surface area contributed by atoms with Gasteiger partial charge in [0.2, 0.25) is 0 Å². The van der Waals surface area contributed by atoms with Gasteiger partial charge in [-0.15, -0.1) is 0 Å². The normalized spacial score (nSPS) is 21.9. The highest BCUT2D eigenvalue weighted by atomic mass is 16.3. The molecule has 18 heavy (non-hydrogen) atoms. The molecule has 1 saturated heterocycles. The molecule has 0 aliphatic carbocycles. The van der Waals surface area contributed by atoms with Crippen LogP contribution in [0.5, 0.6) is 0 Å². The van der Waals surface area contributed by atoms with Crippen LogP contribution < -0.4 is 4.90 Å². The molecule has 1 unspecified atom stereocenters. The van der Waals surface area contributed by atoms with Crippen molar-refractivity contribution in [3.8, 4) is 0 Å². The molecule has 4 heteroatoms. The first-order valence-electron chi connectivity index (χ1n) is 6.75. The summed E-state index contributed by atoms with van der Waals surface area (Å²) < 4.78 is 0. The maximum Gasteiger partial charge on any atom is 0.0717 e. The van der Waals surface area contributed by atoms with Crippen molar-refractivity contribution in [2.75, 3.05) is 31.6 Å². The molecule has 1 aromatic rings. The first-order valence-corrected chi connectivity index (χ1v) is 6.75. The van der Waals surface area contributed by atoms with Crippen molar-refractivity contribution in [1.29, 1.82) is 0 Å². The smallest absolute Gasteiger partial charge is 0.0717 e. The largest absolute Gasteiger partial charge is 0.392 e. The molecule has 1 aromatic heterocycles. The lowest BCUT2D eigenvalue weighted by atomic mass is 10.1. The Balaban J connectivity index is 2.28. The number of aliphatic hydroxyl groups excluding tert-OH is 1. The number of hydrogen-bond acceptors (Lipinski definition) is 4. The third kappa shape index (κ3) is 2.82. The van der Waals surface area contributed by atoms with Gasteiger partial charge >= 0.3 is 0 Å². The van der Waals surface area contributed by atoms with Crippen molar-refractivity contribution < 1.29 is 5.11 Å². The van der Waals surface area contributed by atoms with Crippen LogP contribution in [0.4, 0.5) is 5.69 Å². The molecular weight excluding hydrogens is 226 g/mol. The SMILES string of the molecule is CCC1CN(C)CCCN1c1ccncc1CO. The van der Waals surface area contributed by atoms with E-state index in [1.54, 1.807) is 6.20 Å². The van der Waals surface area contributed by atoms with Crippen LogP contribution in [0.1, 0.15) is 25.3 Å². The van der Waals surface area contributed by atoms with Gasteiger partial charge in [0, 0.05) is 42.8 Å². The first kappa shape index (κ1) is 13.3. The minimum Gasteiger partial charge on any atom is -0.392 e. The van der Waals surface area contributed by atoms with E-state index in [9.17, 15) is 5.11 Å². The fourth-order valence-corrected chi connectivity index (χ4v) is 2.73. The van der Waals surface area contributed by atoms with Crippen molar-refractivity contribution >= 4 is 5.69 Å². The highest BCUT2D eigenvalue weighted by Gasteiger charge is 2.23. The van der Waals surface area contributed by atoms with Crippen molar-refractivity contribution in [1.82, 2.24) is 9.88 Å². The van der Waals surface area contributed by atoms with Crippen LogP contribution in [0.25, 0.3) is 0 Å². The van der Waals surface area contributed by atoms with E-state index in [2.05, 4.69) is 28.8 Å². The first-order chi connectivity index (χ1) is 8.76. The molecule has 2 heterocycles. The summed E-state index contributed by atoms with van der Waals surface area (Å²) in [5.41, 5.74) is 2.08. The van der Waals surface area contributed by atoms with Gasteiger partial charge in [-0.2, -0.15) is 0 Å². The monoisotopic (exact) mass is 249 g/mol. The topological polar surface area (TPSA) is 39.6 Å². The molecule has 1 aliphatic rings. The number of likely N-dealkylation sites (N-methyl/N-ethyl adjacent to an activating group) is 1. The van der Waals surface area contributed by atoms with E-state index in [0.29, 0.717) is 6.04 Å². The zero-order valence-electron chi connectivity index (χ0n) is 11.3. The minimum absolute atomic E-state index is 0.0615. The lowest BCUT2D eigenvalue weighted by Crippen LogP contribution is -2.40. The lowest BCUT2D eigenvalue weighted by Gasteiger charge is -2.33. The van der Waals surface area contributed by atoms with Crippen LogP contribution >= 0.6 is 0 Å². The van der Waals surface area contributed by atoms with E-state index in [1.165, 1.54) is 6.42 Å². The second kappa shape index (κ2) is 6.16. The predicted molar refractivity (Wildman–Crippen MR) is 73.7 cm³/mol. The Morgan fingerprint density at radius 2 is 2.28 bits per heavy atom. The molecule has 0 spiro atoms. The second-order valence-corrected chi connectivity index (χ2v) is 5.03. The molecule has 100 valence electrons. The van der Waals surface area contributed by atoms with Crippen LogP contribution in [0, 0.1) is 0 Å². The van der Waals surface area contributed by atoms with Gasteiger partial charge in [0.05, 0.1) is 6.61 Å². The van der Waals surface area contributed by atoms with E-state index in [4.69, 9.17) is 0 Å². The number of anilines is 1. The molecule has 2 rings (SSSR count). The van der Waals surface area contributed by atoms with Crippen molar-refractivity contribution in [3.05, 3.63) is 24.0 Å². The van der Waals surface area contributed by atoms with Crippen LogP contribution in [-0.4, -0.2) is 47.7 Å². The molecule has 0 saturated carbocycles. The summed E-state index contributed by atoms with van der Waals surface area (Å²) >= 11 is 0. The fraction of sp³-hybridized carbons (Fsp3) is 0.643. The average Bonchev–Trinajstić information content (AvgIpc) is 2.60. The van der Waals surface area contributed by atoms with Gasteiger partial charge in [-0.1, -0.05) is 6.92 Å². The van der Waals surface area contributed by atoms with Crippen molar-refractivity contribution in [2.24, 2.45) is 0 Å². The highest BCUT2D eigenvalue weighted by molar-refractivity contribution is 5.53. The summed E-state index contributed by atoms with van der Waals surface area (Å²) in [4.78, 5) is 8.94. The van der Waals surface area contributed by atoms with Gasteiger partial charge in [0.15, 0.2) is 0 Å². The third-order valence-electron chi connectivity index (χ3n) is 3.73. The third-order valence-corrected chi connectivity index (χ3v) is 3.73. The number of hydrogen-bond donors (Lipinski definition) is 1. The maximum absolute atomic E-state index is 9.45. The molecule has 0 amide bonds. The van der Waals surface area contributed by atoms with Gasteiger partial charge in [-0.05, 0) is 32.5 Å². The Morgan fingerprint density at radius 1 is 1.44 bits per heavy atom. The quantitative estimate of drug-likeness (QED) is 0.881. The summed E-state index contributed by atoms with van der Waals surface area (Å²) in [6.45, 7) is 5.58. The van der Waals surface area contributed by atoms with Crippen molar-refractivity contribution in [3.63, 3.8) is 0 Å². The number of rotatable bonds is 3. The van der Waals surface area contributed by atoms with Gasteiger partial charge in [-0.3, -0.25) is 4.98 Å². The van der Waals surface area contributed by atoms with Gasteiger partial charge in [0.25, 0.3) is 0 Å². The number of nitrogens with zero attached hydrogens (tertiary/aromatic N) is 3. The number of aliphatic hydroxyl groups is 1. The summed E-state index contributed by atoms with van der Waals surface area (Å²) in [7, 11) is 2.19. The Bertz CT molecular complexity index is 383. The molecule has 1 aliphatic heterocycles. The van der Waals surface area contributed by atoms with E-state index in [-0.39, 0.29) is 6.61 Å². The molecule has 0 bridgehead atoms. The second-order valence-electron chi connectivity index (χ2n) is 5.03. The van der Waals surface area contributed by atoms with Crippen molar-refractivity contribution in [2.45, 2.75) is 32.4 Å². The van der Waals surface area contributed by atoms with E-state index in [1.807, 2.05) is 12.3 Å². The number of aromatic nitrogens is 1. The van der Waals surface area contributed by atoms with Gasteiger partial charge in [-0.25, -0.2) is 0 Å². The molecule has 4 nitrogen and oxygen atoms in total. The van der Waals surface area contributed by atoms with E-state index >= 15 is 0 Å². The fourth-order valence-electron chi connectivity index (χ4n) is 2.73. The summed E-state index contributed by atoms with van der Waals surface area (Å²) in [5.74, 6) is 0. The molecule has 1 atom stereocenters. The standard InChI is InChI=1S/C14H23N3O/c1-3-13-10-16(2)7-4-8-17(13)14-5-6-15-9-12(14)11-18/h5-6,9,13,18H,3-4,7-8,10-11H2,1-2H3. The Labute approximate surface area is 109 Å². The Hall–Kier alpha value is -1.13. The van der Waals surface area contributed by atoms with Gasteiger partial charge < -0.3 is 14.9 Å². The molecular formula is C14H23N3O. The Kier molecular flexibility index (Phi) is 4.55. The van der Waals surface area contributed by atoms with E-state index in [0.717, 1.165) is 37.3 Å². The molecule has 1 N–H and O–H groups in total. The van der Waals surface area contributed by atoms with Gasteiger partial charge in [0.1, 0.15) is 0 Å². The average molecular weight is 249 g/mol. The summed E-state index contributed by atoms with van der Waals surface area (Å²) in [5, 5.41) is 9.45. The number of pyridine rings is 1. The predicted octanol–water partition coefficient (Wildman–Crippen LogP) is 1.49. The zero-order valence-corrected chi connectivity index (χ0v) is 11.3. The van der Waals surface area contributed by atoms with Crippen LogP contribution in [0.2, 0.25) is 0 Å². The molecule has 1 fully saturated rings. The van der Waals surface area contributed by atoms with Crippen LogP contribution in [-0.2, 0) is 6.61 Å². The molecule has 0 aromatic carbocycles.